The number of pyridine rings is 1. The van der Waals surface area contributed by atoms with Gasteiger partial charge >= 0.3 is 6.36 Å². The summed E-state index contributed by atoms with van der Waals surface area (Å²) in [6.07, 6.45) is -2.64. The Balaban J connectivity index is 1.50. The van der Waals surface area contributed by atoms with Crippen molar-refractivity contribution >= 4 is 16.5 Å². The average Bonchev–Trinajstić information content (AvgIpc) is 2.85. The molecule has 8 heteroatoms. The molecule has 4 aromatic rings. The second kappa shape index (κ2) is 9.59. The molecular weight excluding hydrogens is 481 g/mol. The van der Waals surface area contributed by atoms with Crippen LogP contribution in [0.3, 0.4) is 0 Å². The number of anilines is 1. The molecule has 3 aromatic carbocycles. The number of morpholine rings is 1. The van der Waals surface area contributed by atoms with Crippen molar-refractivity contribution in [3.8, 4) is 22.6 Å². The Hall–Kier alpha value is -3.78. The molecule has 0 aliphatic carbocycles. The summed E-state index contributed by atoms with van der Waals surface area (Å²) in [5.41, 5.74) is 4.01. The lowest BCUT2D eigenvalue weighted by Gasteiger charge is -2.36. The lowest BCUT2D eigenvalue weighted by Crippen LogP contribution is -2.45. The maximum absolute atomic E-state index is 13.5. The van der Waals surface area contributed by atoms with E-state index in [9.17, 15) is 18.0 Å². The van der Waals surface area contributed by atoms with Crippen molar-refractivity contribution in [3.05, 3.63) is 88.8 Å². The first-order valence-electron chi connectivity index (χ1n) is 12.1. The molecule has 0 radical (unpaired) electrons. The van der Waals surface area contributed by atoms with Crippen molar-refractivity contribution in [2.75, 3.05) is 18.0 Å². The van der Waals surface area contributed by atoms with Crippen LogP contribution in [0.5, 0.6) is 5.75 Å². The van der Waals surface area contributed by atoms with E-state index < -0.39 is 6.36 Å². The van der Waals surface area contributed by atoms with Crippen molar-refractivity contribution < 1.29 is 22.6 Å². The molecule has 0 saturated carbocycles. The molecule has 0 amide bonds. The third-order valence-electron chi connectivity index (χ3n) is 6.54. The second-order valence-electron chi connectivity index (χ2n) is 9.47. The SMILES string of the molecule is Cc1cn(-c2ccc(N3CC(C)O[C@H](C)C3)cc2)c(=O)c2cccc(-c3ccc(OC(F)(F)F)cc3)c12. The van der Waals surface area contributed by atoms with Crippen molar-refractivity contribution in [1.29, 1.82) is 0 Å². The van der Waals surface area contributed by atoms with Crippen molar-refractivity contribution in [1.82, 2.24) is 4.57 Å². The average molecular weight is 509 g/mol. The number of benzene rings is 3. The molecule has 1 unspecified atom stereocenters. The predicted molar refractivity (Wildman–Crippen MR) is 139 cm³/mol. The monoisotopic (exact) mass is 508 g/mol. The molecule has 0 N–H and O–H groups in total. The van der Waals surface area contributed by atoms with E-state index in [1.807, 2.05) is 43.5 Å². The number of ether oxygens (including phenoxy) is 2. The molecule has 37 heavy (non-hydrogen) atoms. The van der Waals surface area contributed by atoms with Gasteiger partial charge in [0.15, 0.2) is 0 Å². The molecule has 1 fully saturated rings. The van der Waals surface area contributed by atoms with Gasteiger partial charge in [-0.3, -0.25) is 9.36 Å². The van der Waals surface area contributed by atoms with Gasteiger partial charge in [-0.25, -0.2) is 0 Å². The molecule has 0 spiro atoms. The van der Waals surface area contributed by atoms with Crippen LogP contribution in [0.1, 0.15) is 19.4 Å². The van der Waals surface area contributed by atoms with Gasteiger partial charge in [-0.15, -0.1) is 13.2 Å². The molecule has 192 valence electrons. The van der Waals surface area contributed by atoms with E-state index in [0.717, 1.165) is 41.0 Å². The number of fused-ring (bicyclic) bond motifs is 1. The zero-order valence-electron chi connectivity index (χ0n) is 20.8. The lowest BCUT2D eigenvalue weighted by atomic mass is 9.96. The van der Waals surface area contributed by atoms with E-state index in [1.54, 1.807) is 28.8 Å². The van der Waals surface area contributed by atoms with Gasteiger partial charge in [-0.2, -0.15) is 0 Å². The molecule has 2 atom stereocenters. The highest BCUT2D eigenvalue weighted by Gasteiger charge is 2.31. The van der Waals surface area contributed by atoms with E-state index in [0.29, 0.717) is 10.9 Å². The van der Waals surface area contributed by atoms with Gasteiger partial charge in [-0.05, 0) is 85.3 Å². The normalized spacial score (nSPS) is 18.3. The minimum absolute atomic E-state index is 0.150. The topological polar surface area (TPSA) is 43.7 Å². The predicted octanol–water partition coefficient (Wildman–Crippen LogP) is 6.48. The van der Waals surface area contributed by atoms with E-state index in [2.05, 4.69) is 23.5 Å². The molecule has 5 rings (SSSR count). The van der Waals surface area contributed by atoms with E-state index in [1.165, 1.54) is 12.1 Å². The summed E-state index contributed by atoms with van der Waals surface area (Å²) in [6, 6.07) is 19.0. The highest BCUT2D eigenvalue weighted by molar-refractivity contribution is 5.98. The molecular formula is C29H27F3N2O3. The maximum atomic E-state index is 13.5. The van der Waals surface area contributed by atoms with E-state index >= 15 is 0 Å². The first kappa shape index (κ1) is 24.9. The minimum Gasteiger partial charge on any atom is -0.406 e. The molecule has 1 aliphatic rings. The maximum Gasteiger partial charge on any atom is 0.573 e. The second-order valence-corrected chi connectivity index (χ2v) is 9.47. The van der Waals surface area contributed by atoms with Crippen LogP contribution < -0.4 is 15.2 Å². The fourth-order valence-electron chi connectivity index (χ4n) is 5.08. The number of rotatable bonds is 4. The van der Waals surface area contributed by atoms with E-state index in [4.69, 9.17) is 4.74 Å². The zero-order valence-corrected chi connectivity index (χ0v) is 20.8. The summed E-state index contributed by atoms with van der Waals surface area (Å²) < 4.78 is 49.0. The number of hydrogen-bond donors (Lipinski definition) is 0. The van der Waals surface area contributed by atoms with Crippen molar-refractivity contribution in [2.45, 2.75) is 39.3 Å². The van der Waals surface area contributed by atoms with Crippen molar-refractivity contribution in [2.24, 2.45) is 0 Å². The summed E-state index contributed by atoms with van der Waals surface area (Å²) >= 11 is 0. The minimum atomic E-state index is -4.75. The number of alkyl halides is 3. The Bertz CT molecular complexity index is 1470. The molecule has 0 bridgehead atoms. The van der Waals surface area contributed by atoms with Gasteiger partial charge in [0.05, 0.1) is 12.2 Å². The van der Waals surface area contributed by atoms with Gasteiger partial charge in [0, 0.05) is 36.0 Å². The summed E-state index contributed by atoms with van der Waals surface area (Å²) in [5.74, 6) is -0.292. The van der Waals surface area contributed by atoms with Crippen LogP contribution in [-0.2, 0) is 4.74 Å². The third-order valence-corrected chi connectivity index (χ3v) is 6.54. The Labute approximate surface area is 212 Å². The van der Waals surface area contributed by atoms with Crippen LogP contribution >= 0.6 is 0 Å². The van der Waals surface area contributed by atoms with E-state index in [-0.39, 0.29) is 23.5 Å². The zero-order chi connectivity index (χ0) is 26.3. The standard InChI is InChI=1S/C29H27F3N2O3/c1-18-15-34(23-11-9-22(10-12-23)33-16-19(2)36-20(3)17-33)28(35)26-6-4-5-25(27(18)26)21-7-13-24(14-8-21)37-29(30,31)32/h4-15,19-20H,16-17H2,1-3H3/t19-,20?/m1/s1. The van der Waals surface area contributed by atoms with Crippen LogP contribution in [0.15, 0.2) is 77.7 Å². The molecule has 1 aliphatic heterocycles. The lowest BCUT2D eigenvalue weighted by molar-refractivity contribution is -0.274. The van der Waals surface area contributed by atoms with Gasteiger partial charge in [0.25, 0.3) is 5.56 Å². The highest BCUT2D eigenvalue weighted by Crippen LogP contribution is 2.32. The number of aryl methyl sites for hydroxylation is 1. The van der Waals surface area contributed by atoms with Gasteiger partial charge in [0.1, 0.15) is 5.75 Å². The largest absolute Gasteiger partial charge is 0.573 e. The molecule has 1 aromatic heterocycles. The fraction of sp³-hybridized carbons (Fsp3) is 0.276. The highest BCUT2D eigenvalue weighted by atomic mass is 19.4. The number of halogens is 3. The fourth-order valence-corrected chi connectivity index (χ4v) is 5.08. The van der Waals surface area contributed by atoms with Crippen LogP contribution in [0.2, 0.25) is 0 Å². The Morgan fingerprint density at radius 3 is 2.14 bits per heavy atom. The third kappa shape index (κ3) is 5.20. The van der Waals surface area contributed by atoms with Crippen LogP contribution in [0.4, 0.5) is 18.9 Å². The van der Waals surface area contributed by atoms with Crippen LogP contribution in [0.25, 0.3) is 27.6 Å². The summed E-state index contributed by atoms with van der Waals surface area (Å²) in [4.78, 5) is 15.8. The van der Waals surface area contributed by atoms with Gasteiger partial charge in [0.2, 0.25) is 0 Å². The number of nitrogens with zero attached hydrogens (tertiary/aromatic N) is 2. The summed E-state index contributed by atoms with van der Waals surface area (Å²) in [6.45, 7) is 7.67. The quantitative estimate of drug-likeness (QED) is 0.317. The Morgan fingerprint density at radius 1 is 0.892 bits per heavy atom. The number of aromatic nitrogens is 1. The molecule has 2 heterocycles. The van der Waals surface area contributed by atoms with Gasteiger partial charge < -0.3 is 14.4 Å². The summed E-state index contributed by atoms with van der Waals surface area (Å²) in [7, 11) is 0. The summed E-state index contributed by atoms with van der Waals surface area (Å²) in [5, 5.41) is 1.30. The van der Waals surface area contributed by atoms with Gasteiger partial charge in [-0.1, -0.05) is 24.3 Å². The van der Waals surface area contributed by atoms with Crippen molar-refractivity contribution in [3.63, 3.8) is 0 Å². The van der Waals surface area contributed by atoms with Crippen LogP contribution in [0, 0.1) is 6.92 Å². The molecule has 1 saturated heterocycles. The van der Waals surface area contributed by atoms with Crippen LogP contribution in [-0.4, -0.2) is 36.2 Å². The number of hydrogen-bond acceptors (Lipinski definition) is 4. The first-order valence-corrected chi connectivity index (χ1v) is 12.1. The molecule has 5 nitrogen and oxygen atoms in total. The Morgan fingerprint density at radius 2 is 1.51 bits per heavy atom. The smallest absolute Gasteiger partial charge is 0.406 e. The first-order chi connectivity index (χ1) is 17.6. The Kier molecular flexibility index (Phi) is 6.45.